The summed E-state index contributed by atoms with van der Waals surface area (Å²) < 4.78 is 6.19. The molecule has 0 aliphatic carbocycles. The van der Waals surface area contributed by atoms with Crippen LogP contribution in [0.2, 0.25) is 0 Å². The molecule has 4 aromatic rings. The lowest BCUT2D eigenvalue weighted by atomic mass is 9.95. The van der Waals surface area contributed by atoms with Crippen molar-refractivity contribution in [1.82, 2.24) is 5.01 Å². The van der Waals surface area contributed by atoms with Gasteiger partial charge in [0.05, 0.1) is 11.8 Å². The van der Waals surface area contributed by atoms with Crippen LogP contribution in [0.1, 0.15) is 33.9 Å². The van der Waals surface area contributed by atoms with Gasteiger partial charge in [-0.2, -0.15) is 5.10 Å². The fourth-order valence-electron chi connectivity index (χ4n) is 4.50. The Morgan fingerprint density at radius 2 is 1.58 bits per heavy atom. The van der Waals surface area contributed by atoms with Crippen LogP contribution in [0.15, 0.2) is 102 Å². The van der Waals surface area contributed by atoms with Crippen molar-refractivity contribution in [3.8, 4) is 5.75 Å². The number of benzene rings is 4. The van der Waals surface area contributed by atoms with Crippen LogP contribution in [0.3, 0.4) is 0 Å². The molecule has 0 saturated carbocycles. The second-order valence-corrected chi connectivity index (χ2v) is 7.95. The minimum Gasteiger partial charge on any atom is -0.461 e. The fourth-order valence-corrected chi connectivity index (χ4v) is 4.50. The lowest BCUT2D eigenvalue weighted by Gasteiger charge is -2.37. The van der Waals surface area contributed by atoms with Gasteiger partial charge in [0.25, 0.3) is 6.23 Å². The van der Waals surface area contributed by atoms with E-state index in [0.717, 1.165) is 29.0 Å². The second kappa shape index (κ2) is 7.10. The number of carbonyl (C=O) groups is 1. The first-order valence-electron chi connectivity index (χ1n) is 10.5. The summed E-state index contributed by atoms with van der Waals surface area (Å²) in [5.41, 5.74) is 3.75. The molecule has 0 bridgehead atoms. The standard InChI is InChI=1S/C27H20N2O2/c30-26(19-9-2-1-3-10-19)27-29-24(22-12-6-7-13-25(22)31-27)17-23(28-29)21-15-14-18-8-4-5-11-20(18)16-21/h1-16,24,27H,17H2/t24-,27-/m1/s1. The molecular weight excluding hydrogens is 384 g/mol. The van der Waals surface area contributed by atoms with E-state index in [4.69, 9.17) is 9.84 Å². The van der Waals surface area contributed by atoms with Gasteiger partial charge >= 0.3 is 0 Å². The Morgan fingerprint density at radius 1 is 0.839 bits per heavy atom. The molecule has 31 heavy (non-hydrogen) atoms. The number of hydrogen-bond acceptors (Lipinski definition) is 4. The maximum absolute atomic E-state index is 13.3. The van der Waals surface area contributed by atoms with Crippen molar-refractivity contribution < 1.29 is 9.53 Å². The molecule has 0 saturated heterocycles. The third-order valence-corrected chi connectivity index (χ3v) is 6.06. The third-order valence-electron chi connectivity index (χ3n) is 6.06. The van der Waals surface area contributed by atoms with Gasteiger partial charge in [0.15, 0.2) is 0 Å². The number of carbonyl (C=O) groups excluding carboxylic acids is 1. The van der Waals surface area contributed by atoms with Crippen molar-refractivity contribution in [2.45, 2.75) is 18.7 Å². The Kier molecular flexibility index (Phi) is 4.10. The molecule has 0 aromatic heterocycles. The minimum atomic E-state index is -0.778. The molecule has 2 atom stereocenters. The summed E-state index contributed by atoms with van der Waals surface area (Å²) in [7, 11) is 0. The SMILES string of the molecule is O=C(c1ccccc1)[C@H]1Oc2ccccc2[C@H]2CC(c3ccc4ccccc4c3)=NN12. The van der Waals surface area contributed by atoms with E-state index in [1.807, 2.05) is 65.7 Å². The van der Waals surface area contributed by atoms with Crippen molar-refractivity contribution in [3.05, 3.63) is 114 Å². The highest BCUT2D eigenvalue weighted by Gasteiger charge is 2.43. The van der Waals surface area contributed by atoms with Gasteiger partial charge in [0, 0.05) is 17.5 Å². The average molecular weight is 404 g/mol. The molecule has 6 rings (SSSR count). The van der Waals surface area contributed by atoms with Crippen LogP contribution in [-0.4, -0.2) is 22.7 Å². The predicted octanol–water partition coefficient (Wildman–Crippen LogP) is 5.59. The van der Waals surface area contributed by atoms with Gasteiger partial charge in [-0.25, -0.2) is 5.01 Å². The quantitative estimate of drug-likeness (QED) is 0.418. The zero-order valence-electron chi connectivity index (χ0n) is 16.8. The molecule has 150 valence electrons. The lowest BCUT2D eigenvalue weighted by Crippen LogP contribution is -2.45. The molecule has 4 aromatic carbocycles. The average Bonchev–Trinajstić information content (AvgIpc) is 3.29. The fraction of sp³-hybridized carbons (Fsp3) is 0.111. The van der Waals surface area contributed by atoms with Gasteiger partial charge < -0.3 is 4.74 Å². The highest BCUT2D eigenvalue weighted by atomic mass is 16.5. The first-order valence-corrected chi connectivity index (χ1v) is 10.5. The summed E-state index contributed by atoms with van der Waals surface area (Å²) in [6.07, 6.45) is -0.0441. The highest BCUT2D eigenvalue weighted by Crippen LogP contribution is 2.43. The number of hydrogen-bond donors (Lipinski definition) is 0. The van der Waals surface area contributed by atoms with E-state index in [0.29, 0.717) is 5.56 Å². The number of hydrazone groups is 1. The van der Waals surface area contributed by atoms with Crippen LogP contribution in [-0.2, 0) is 0 Å². The van der Waals surface area contributed by atoms with Crippen LogP contribution in [0, 0.1) is 0 Å². The van der Waals surface area contributed by atoms with E-state index in [1.165, 1.54) is 10.8 Å². The Hall–Kier alpha value is -3.92. The van der Waals surface area contributed by atoms with Gasteiger partial charge in [-0.05, 0) is 28.5 Å². The van der Waals surface area contributed by atoms with Gasteiger partial charge in [0.1, 0.15) is 5.75 Å². The molecule has 0 fully saturated rings. The lowest BCUT2D eigenvalue weighted by molar-refractivity contribution is -0.00455. The number of Topliss-reactive ketones (excluding diaryl/α,β-unsaturated/α-hetero) is 1. The number of ether oxygens (including phenoxy) is 1. The smallest absolute Gasteiger partial charge is 0.251 e. The van der Waals surface area contributed by atoms with E-state index >= 15 is 0 Å². The van der Waals surface area contributed by atoms with Crippen LogP contribution in [0.4, 0.5) is 0 Å². The molecule has 4 nitrogen and oxygen atoms in total. The normalized spacial score (nSPS) is 19.4. The molecular formula is C27H20N2O2. The molecule has 0 spiro atoms. The second-order valence-electron chi connectivity index (χ2n) is 7.95. The summed E-state index contributed by atoms with van der Waals surface area (Å²) in [4.78, 5) is 13.3. The maximum Gasteiger partial charge on any atom is 0.251 e. The first-order chi connectivity index (χ1) is 15.3. The summed E-state index contributed by atoms with van der Waals surface area (Å²) in [5, 5.41) is 9.15. The molecule has 4 heteroatoms. The molecule has 2 aliphatic rings. The molecule has 0 amide bonds. The molecule has 2 aliphatic heterocycles. The van der Waals surface area contributed by atoms with Gasteiger partial charge in [-0.3, -0.25) is 4.79 Å². The van der Waals surface area contributed by atoms with Crippen LogP contribution in [0.5, 0.6) is 5.75 Å². The van der Waals surface area contributed by atoms with Crippen molar-refractivity contribution >= 4 is 22.3 Å². The zero-order valence-corrected chi connectivity index (χ0v) is 16.8. The van der Waals surface area contributed by atoms with E-state index in [-0.39, 0.29) is 11.8 Å². The Balaban J connectivity index is 1.43. The van der Waals surface area contributed by atoms with E-state index in [9.17, 15) is 4.79 Å². The molecule has 0 unspecified atom stereocenters. The number of nitrogens with zero attached hydrogens (tertiary/aromatic N) is 2. The van der Waals surface area contributed by atoms with Crippen molar-refractivity contribution in [1.29, 1.82) is 0 Å². The molecule has 0 radical (unpaired) electrons. The summed E-state index contributed by atoms with van der Waals surface area (Å²) in [6, 6.07) is 31.9. The summed E-state index contributed by atoms with van der Waals surface area (Å²) >= 11 is 0. The van der Waals surface area contributed by atoms with Gasteiger partial charge in [-0.1, -0.05) is 84.9 Å². The Labute approximate surface area is 180 Å². The Morgan fingerprint density at radius 3 is 2.45 bits per heavy atom. The van der Waals surface area contributed by atoms with Crippen LogP contribution >= 0.6 is 0 Å². The van der Waals surface area contributed by atoms with Crippen LogP contribution < -0.4 is 4.74 Å². The van der Waals surface area contributed by atoms with Crippen molar-refractivity contribution in [3.63, 3.8) is 0 Å². The van der Waals surface area contributed by atoms with E-state index in [2.05, 4.69) is 36.4 Å². The van der Waals surface area contributed by atoms with Gasteiger partial charge in [0.2, 0.25) is 5.78 Å². The highest BCUT2D eigenvalue weighted by molar-refractivity contribution is 6.05. The topological polar surface area (TPSA) is 41.9 Å². The van der Waals surface area contributed by atoms with Gasteiger partial charge in [-0.15, -0.1) is 0 Å². The predicted molar refractivity (Wildman–Crippen MR) is 121 cm³/mol. The number of para-hydroxylation sites is 1. The summed E-state index contributed by atoms with van der Waals surface area (Å²) in [5.74, 6) is 0.677. The van der Waals surface area contributed by atoms with Crippen molar-refractivity contribution in [2.75, 3.05) is 0 Å². The molecule has 0 N–H and O–H groups in total. The largest absolute Gasteiger partial charge is 0.461 e. The van der Waals surface area contributed by atoms with Crippen molar-refractivity contribution in [2.24, 2.45) is 5.10 Å². The zero-order chi connectivity index (χ0) is 20.8. The minimum absolute atomic E-state index is 0.0240. The summed E-state index contributed by atoms with van der Waals surface area (Å²) in [6.45, 7) is 0. The monoisotopic (exact) mass is 404 g/mol. The maximum atomic E-state index is 13.3. The van der Waals surface area contributed by atoms with E-state index in [1.54, 1.807) is 0 Å². The van der Waals surface area contributed by atoms with E-state index < -0.39 is 6.23 Å². The third kappa shape index (κ3) is 2.99. The van der Waals surface area contributed by atoms with Crippen LogP contribution in [0.25, 0.3) is 10.8 Å². The first kappa shape index (κ1) is 17.9. The number of rotatable bonds is 3. The Bertz CT molecular complexity index is 1330. The molecule has 2 heterocycles. The number of fused-ring (bicyclic) bond motifs is 4. The number of ketones is 1.